The van der Waals surface area contributed by atoms with Gasteiger partial charge < -0.3 is 10.5 Å². The molecule has 1 aromatic rings. The maximum Gasteiger partial charge on any atom is 0.162 e. The first kappa shape index (κ1) is 19.7. The van der Waals surface area contributed by atoms with Crippen LogP contribution >= 0.6 is 0 Å². The molecule has 0 saturated carbocycles. The van der Waals surface area contributed by atoms with Crippen LogP contribution in [0.2, 0.25) is 0 Å². The van der Waals surface area contributed by atoms with Crippen molar-refractivity contribution in [2.24, 2.45) is 11.1 Å². The summed E-state index contributed by atoms with van der Waals surface area (Å²) in [4.78, 5) is 13.4. The fourth-order valence-corrected chi connectivity index (χ4v) is 4.79. The lowest BCUT2D eigenvalue weighted by Crippen LogP contribution is -2.53. The van der Waals surface area contributed by atoms with Gasteiger partial charge in [-0.25, -0.2) is 5.01 Å². The molecule has 3 aliphatic rings. The average molecular weight is 393 g/mol. The second-order valence-corrected chi connectivity index (χ2v) is 8.88. The molecule has 1 unspecified atom stereocenters. The number of carbonyl (C=O) groups is 1. The van der Waals surface area contributed by atoms with Gasteiger partial charge in [0, 0.05) is 30.8 Å². The summed E-state index contributed by atoms with van der Waals surface area (Å²) in [6, 6.07) is 10.3. The van der Waals surface area contributed by atoms with E-state index in [9.17, 15) is 10.1 Å². The number of Topliss-reactive ketones (excluding diaryl/α,β-unsaturated/α-hetero) is 1. The summed E-state index contributed by atoms with van der Waals surface area (Å²) >= 11 is 0. The zero-order valence-corrected chi connectivity index (χ0v) is 17.4. The lowest BCUT2D eigenvalue weighted by Gasteiger charge is -2.48. The smallest absolute Gasteiger partial charge is 0.162 e. The maximum absolute atomic E-state index is 13.4. The Morgan fingerprint density at radius 2 is 1.90 bits per heavy atom. The Kier molecular flexibility index (Phi) is 4.97. The molecule has 0 spiro atoms. The Labute approximate surface area is 172 Å². The zero-order valence-electron chi connectivity index (χ0n) is 17.4. The molecule has 0 amide bonds. The first-order valence-electron chi connectivity index (χ1n) is 10.2. The van der Waals surface area contributed by atoms with E-state index in [-0.39, 0.29) is 11.2 Å². The summed E-state index contributed by atoms with van der Waals surface area (Å²) in [5.41, 5.74) is 10.7. The van der Waals surface area contributed by atoms with E-state index in [0.717, 1.165) is 28.8 Å². The molecule has 152 valence electrons. The molecule has 1 aliphatic carbocycles. The molecular weight excluding hydrogens is 364 g/mol. The number of ketones is 1. The summed E-state index contributed by atoms with van der Waals surface area (Å²) in [5, 5.41) is 14.2. The van der Waals surface area contributed by atoms with Crippen molar-refractivity contribution in [2.75, 3.05) is 26.3 Å². The first-order valence-corrected chi connectivity index (χ1v) is 10.2. The summed E-state index contributed by atoms with van der Waals surface area (Å²) in [5.74, 6) is 0.145. The third-order valence-electron chi connectivity index (χ3n) is 6.12. The van der Waals surface area contributed by atoms with Gasteiger partial charge in [-0.2, -0.15) is 5.26 Å². The van der Waals surface area contributed by atoms with Crippen LogP contribution in [-0.2, 0) is 9.53 Å². The van der Waals surface area contributed by atoms with Gasteiger partial charge in [0.1, 0.15) is 5.82 Å². The molecule has 0 aromatic heterocycles. The van der Waals surface area contributed by atoms with E-state index in [1.165, 1.54) is 0 Å². The number of nitrogens with two attached hydrogens (primary N) is 1. The second-order valence-electron chi connectivity index (χ2n) is 8.88. The number of nitriles is 1. The van der Waals surface area contributed by atoms with Crippen LogP contribution in [-0.4, -0.2) is 42.1 Å². The fourth-order valence-electron chi connectivity index (χ4n) is 4.79. The number of hydrogen-bond donors (Lipinski definition) is 1. The van der Waals surface area contributed by atoms with E-state index in [0.29, 0.717) is 44.1 Å². The van der Waals surface area contributed by atoms with Crippen LogP contribution < -0.4 is 5.73 Å². The molecule has 2 aliphatic heterocycles. The number of morpholine rings is 1. The van der Waals surface area contributed by atoms with E-state index in [4.69, 9.17) is 10.5 Å². The highest BCUT2D eigenvalue weighted by Crippen LogP contribution is 2.49. The lowest BCUT2D eigenvalue weighted by atomic mass is 9.68. The van der Waals surface area contributed by atoms with Gasteiger partial charge in [-0.1, -0.05) is 38.1 Å². The van der Waals surface area contributed by atoms with E-state index in [1.54, 1.807) is 0 Å². The molecular formula is C23H28N4O2. The predicted octanol–water partition coefficient (Wildman–Crippen LogP) is 2.98. The van der Waals surface area contributed by atoms with Crippen molar-refractivity contribution in [1.82, 2.24) is 10.0 Å². The number of aryl methyl sites for hydroxylation is 1. The van der Waals surface area contributed by atoms with Gasteiger partial charge in [0.2, 0.25) is 0 Å². The van der Waals surface area contributed by atoms with Crippen molar-refractivity contribution in [2.45, 2.75) is 39.5 Å². The molecule has 29 heavy (non-hydrogen) atoms. The van der Waals surface area contributed by atoms with Crippen molar-refractivity contribution in [3.63, 3.8) is 0 Å². The van der Waals surface area contributed by atoms with Gasteiger partial charge >= 0.3 is 0 Å². The van der Waals surface area contributed by atoms with Crippen LogP contribution in [0, 0.1) is 23.7 Å². The molecule has 2 N–H and O–H groups in total. The summed E-state index contributed by atoms with van der Waals surface area (Å²) < 4.78 is 5.51. The standard InChI is InChI=1S/C23H28N4O2/c1-15-6-4-5-7-16(15)20-17(14-24)22(25)27(26-8-10-29-11-9-26)18-12-23(2,3)13-19(28)21(18)20/h4-7,20H,8-13,25H2,1-3H3. The quantitative estimate of drug-likeness (QED) is 0.833. The Morgan fingerprint density at radius 1 is 1.21 bits per heavy atom. The number of allylic oxidation sites excluding steroid dienone is 3. The summed E-state index contributed by atoms with van der Waals surface area (Å²) in [6.07, 6.45) is 1.22. The topological polar surface area (TPSA) is 82.6 Å². The molecule has 1 fully saturated rings. The van der Waals surface area contributed by atoms with Crippen LogP contribution in [0.1, 0.15) is 43.7 Å². The van der Waals surface area contributed by atoms with E-state index in [1.807, 2.05) is 36.2 Å². The van der Waals surface area contributed by atoms with Gasteiger partial charge in [0.25, 0.3) is 0 Å². The molecule has 0 radical (unpaired) electrons. The SMILES string of the molecule is Cc1ccccc1C1C(C#N)=C(N)N(N2CCOCC2)C2=C1C(=O)CC(C)(C)C2. The van der Waals surface area contributed by atoms with Gasteiger partial charge in [0.15, 0.2) is 5.78 Å². The number of benzene rings is 1. The molecule has 1 atom stereocenters. The highest BCUT2D eigenvalue weighted by atomic mass is 16.5. The minimum Gasteiger partial charge on any atom is -0.383 e. The number of carbonyl (C=O) groups excluding carboxylic acids is 1. The van der Waals surface area contributed by atoms with Crippen LogP contribution in [0.4, 0.5) is 0 Å². The average Bonchev–Trinajstić information content (AvgIpc) is 2.67. The lowest BCUT2D eigenvalue weighted by molar-refractivity contribution is -0.119. The number of hydrazine groups is 1. The molecule has 2 heterocycles. The molecule has 1 aromatic carbocycles. The molecule has 1 saturated heterocycles. The van der Waals surface area contributed by atoms with Crippen LogP contribution in [0.3, 0.4) is 0 Å². The number of nitrogens with zero attached hydrogens (tertiary/aromatic N) is 3. The van der Waals surface area contributed by atoms with Gasteiger partial charge in [0.05, 0.1) is 30.8 Å². The number of rotatable bonds is 2. The number of ether oxygens (including phenoxy) is 1. The normalized spacial score (nSPS) is 25.1. The summed E-state index contributed by atoms with van der Waals surface area (Å²) in [7, 11) is 0. The highest BCUT2D eigenvalue weighted by Gasteiger charge is 2.46. The monoisotopic (exact) mass is 392 g/mol. The maximum atomic E-state index is 13.4. The van der Waals surface area contributed by atoms with Crippen LogP contribution in [0.25, 0.3) is 0 Å². The Morgan fingerprint density at radius 3 is 2.55 bits per heavy atom. The third kappa shape index (κ3) is 3.35. The molecule has 4 rings (SSSR count). The zero-order chi connectivity index (χ0) is 20.8. The van der Waals surface area contributed by atoms with E-state index >= 15 is 0 Å². The van der Waals surface area contributed by atoms with Gasteiger partial charge in [-0.05, 0) is 29.9 Å². The van der Waals surface area contributed by atoms with Crippen molar-refractivity contribution < 1.29 is 9.53 Å². The molecule has 6 nitrogen and oxygen atoms in total. The Bertz CT molecular complexity index is 948. The predicted molar refractivity (Wildman–Crippen MR) is 110 cm³/mol. The molecule has 6 heteroatoms. The van der Waals surface area contributed by atoms with E-state index < -0.39 is 5.92 Å². The van der Waals surface area contributed by atoms with Crippen molar-refractivity contribution in [3.05, 3.63) is 58.1 Å². The van der Waals surface area contributed by atoms with Crippen LogP contribution in [0.15, 0.2) is 46.9 Å². The Balaban J connectivity index is 1.94. The first-order chi connectivity index (χ1) is 13.8. The van der Waals surface area contributed by atoms with Crippen molar-refractivity contribution >= 4 is 5.78 Å². The highest BCUT2D eigenvalue weighted by molar-refractivity contribution is 6.00. The van der Waals surface area contributed by atoms with Gasteiger partial charge in [-0.3, -0.25) is 9.80 Å². The molecule has 0 bridgehead atoms. The van der Waals surface area contributed by atoms with Crippen LogP contribution in [0.5, 0.6) is 0 Å². The largest absolute Gasteiger partial charge is 0.383 e. The Hall–Kier alpha value is -2.62. The minimum absolute atomic E-state index is 0.114. The van der Waals surface area contributed by atoms with Crippen molar-refractivity contribution in [1.29, 1.82) is 5.26 Å². The third-order valence-corrected chi connectivity index (χ3v) is 6.12. The van der Waals surface area contributed by atoms with Crippen molar-refractivity contribution in [3.8, 4) is 6.07 Å². The number of hydrogen-bond acceptors (Lipinski definition) is 6. The minimum atomic E-state index is -0.405. The fraction of sp³-hybridized carbons (Fsp3) is 0.478. The van der Waals surface area contributed by atoms with Gasteiger partial charge in [-0.15, -0.1) is 0 Å². The second kappa shape index (κ2) is 7.33. The van der Waals surface area contributed by atoms with E-state index in [2.05, 4.69) is 24.9 Å². The summed E-state index contributed by atoms with van der Waals surface area (Å²) in [6.45, 7) is 8.83.